The zero-order valence-corrected chi connectivity index (χ0v) is 13.0. The van der Waals surface area contributed by atoms with Gasteiger partial charge in [0.1, 0.15) is 6.10 Å². The molecule has 0 radical (unpaired) electrons. The summed E-state index contributed by atoms with van der Waals surface area (Å²) in [5, 5.41) is 0. The summed E-state index contributed by atoms with van der Waals surface area (Å²) >= 11 is 0. The number of hydrogen-bond acceptors (Lipinski definition) is 8. The van der Waals surface area contributed by atoms with Gasteiger partial charge in [-0.3, -0.25) is 9.69 Å². The zero-order valence-electron chi connectivity index (χ0n) is 12.2. The second kappa shape index (κ2) is 9.31. The number of morpholine rings is 1. The summed E-state index contributed by atoms with van der Waals surface area (Å²) in [6.07, 6.45) is -0.323. The number of ether oxygens (including phenoxy) is 3. The molecule has 0 aromatic heterocycles. The van der Waals surface area contributed by atoms with Crippen LogP contribution in [0.1, 0.15) is 12.8 Å². The fourth-order valence-electron chi connectivity index (χ4n) is 2.03. The van der Waals surface area contributed by atoms with Crippen LogP contribution in [-0.2, 0) is 29.1 Å². The predicted molar refractivity (Wildman–Crippen MR) is 72.8 cm³/mol. The van der Waals surface area contributed by atoms with Crippen molar-refractivity contribution in [3.05, 3.63) is 0 Å². The van der Waals surface area contributed by atoms with Crippen molar-refractivity contribution in [3.63, 3.8) is 0 Å². The minimum absolute atomic E-state index is 0.131. The molecule has 0 bridgehead atoms. The molecule has 1 aliphatic rings. The van der Waals surface area contributed by atoms with Crippen LogP contribution in [0.15, 0.2) is 0 Å². The Kier molecular flexibility index (Phi) is 8.12. The van der Waals surface area contributed by atoms with Gasteiger partial charge < -0.3 is 18.8 Å². The summed E-state index contributed by atoms with van der Waals surface area (Å²) in [6.45, 7) is 2.97. The molecular formula is C12H22NO7S-. The fraction of sp³-hybridized carbons (Fsp3) is 0.917. The topological polar surface area (TPSA) is 105 Å². The van der Waals surface area contributed by atoms with E-state index in [1.807, 2.05) is 4.90 Å². The minimum atomic E-state index is -4.45. The third kappa shape index (κ3) is 8.99. The Hall–Kier alpha value is -0.740. The summed E-state index contributed by atoms with van der Waals surface area (Å²) in [5.41, 5.74) is 0. The first-order valence-electron chi connectivity index (χ1n) is 6.83. The Labute approximate surface area is 125 Å². The normalized spacial score (nSPS) is 18.4. The lowest BCUT2D eigenvalue weighted by atomic mass is 10.3. The number of carbonyl (C=O) groups is 1. The quantitative estimate of drug-likeness (QED) is 0.308. The predicted octanol–water partition coefficient (Wildman–Crippen LogP) is -0.798. The average Bonchev–Trinajstić information content (AvgIpc) is 2.38. The standard InChI is InChI=1S/C12H23NO7S/c1-18-6-2-3-12(14)20-11(10-21(15,16)17)9-13-4-7-19-8-5-13/h11H,2-10H2,1H3,(H,15,16,17)/p-1. The van der Waals surface area contributed by atoms with E-state index in [9.17, 15) is 17.8 Å². The molecule has 8 nitrogen and oxygen atoms in total. The number of hydrogen-bond donors (Lipinski definition) is 0. The highest BCUT2D eigenvalue weighted by atomic mass is 32.2. The minimum Gasteiger partial charge on any atom is -0.748 e. The van der Waals surface area contributed by atoms with Gasteiger partial charge in [0.2, 0.25) is 0 Å². The van der Waals surface area contributed by atoms with Gasteiger partial charge in [0.25, 0.3) is 0 Å². The van der Waals surface area contributed by atoms with Gasteiger partial charge in [-0.05, 0) is 6.42 Å². The number of methoxy groups -OCH3 is 1. The van der Waals surface area contributed by atoms with Crippen molar-refractivity contribution >= 4 is 16.1 Å². The third-order valence-corrected chi connectivity index (χ3v) is 3.76. The molecule has 9 heteroatoms. The highest BCUT2D eigenvalue weighted by Crippen LogP contribution is 2.06. The molecule has 0 amide bonds. The van der Waals surface area contributed by atoms with Crippen LogP contribution in [0.4, 0.5) is 0 Å². The van der Waals surface area contributed by atoms with Crippen molar-refractivity contribution in [2.45, 2.75) is 18.9 Å². The van der Waals surface area contributed by atoms with E-state index >= 15 is 0 Å². The number of esters is 1. The van der Waals surface area contributed by atoms with E-state index in [0.29, 0.717) is 39.3 Å². The second-order valence-electron chi connectivity index (χ2n) is 4.85. The first kappa shape index (κ1) is 18.3. The molecular weight excluding hydrogens is 302 g/mol. The Balaban J connectivity index is 2.48. The van der Waals surface area contributed by atoms with Crippen molar-refractivity contribution in [3.8, 4) is 0 Å². The monoisotopic (exact) mass is 324 g/mol. The van der Waals surface area contributed by atoms with Crippen LogP contribution in [0.5, 0.6) is 0 Å². The third-order valence-electron chi connectivity index (χ3n) is 2.98. The molecule has 1 rings (SSSR count). The first-order chi connectivity index (χ1) is 9.90. The van der Waals surface area contributed by atoms with Crippen LogP contribution in [0.2, 0.25) is 0 Å². The van der Waals surface area contributed by atoms with E-state index in [1.54, 1.807) is 0 Å². The second-order valence-corrected chi connectivity index (χ2v) is 6.29. The summed E-state index contributed by atoms with van der Waals surface area (Å²) in [5.74, 6) is -1.23. The maximum Gasteiger partial charge on any atom is 0.306 e. The lowest BCUT2D eigenvalue weighted by Crippen LogP contribution is -2.44. The molecule has 0 aliphatic carbocycles. The molecule has 124 valence electrons. The number of carbonyl (C=O) groups excluding carboxylic acids is 1. The summed E-state index contributed by atoms with van der Waals surface area (Å²) in [7, 11) is -2.93. The smallest absolute Gasteiger partial charge is 0.306 e. The van der Waals surface area contributed by atoms with Gasteiger partial charge in [-0.15, -0.1) is 0 Å². The molecule has 1 atom stereocenters. The SMILES string of the molecule is COCCCC(=O)OC(CN1CCOCC1)CS(=O)(=O)[O-]. The molecule has 0 aromatic carbocycles. The lowest BCUT2D eigenvalue weighted by Gasteiger charge is -2.30. The maximum absolute atomic E-state index is 11.6. The molecule has 1 aliphatic heterocycles. The van der Waals surface area contributed by atoms with Crippen molar-refractivity contribution in [1.29, 1.82) is 0 Å². The zero-order chi connectivity index (χ0) is 15.7. The molecule has 21 heavy (non-hydrogen) atoms. The Morgan fingerprint density at radius 3 is 2.62 bits per heavy atom. The molecule has 1 heterocycles. The lowest BCUT2D eigenvalue weighted by molar-refractivity contribution is -0.149. The van der Waals surface area contributed by atoms with Gasteiger partial charge in [0.15, 0.2) is 0 Å². The van der Waals surface area contributed by atoms with Gasteiger partial charge in [-0.1, -0.05) is 0 Å². The van der Waals surface area contributed by atoms with Gasteiger partial charge in [0, 0.05) is 39.8 Å². The van der Waals surface area contributed by atoms with Gasteiger partial charge in [-0.25, -0.2) is 8.42 Å². The van der Waals surface area contributed by atoms with Gasteiger partial charge in [-0.2, -0.15) is 0 Å². The van der Waals surface area contributed by atoms with E-state index in [-0.39, 0.29) is 13.0 Å². The molecule has 0 aromatic rings. The molecule has 0 N–H and O–H groups in total. The van der Waals surface area contributed by atoms with Crippen LogP contribution in [0.25, 0.3) is 0 Å². The molecule has 1 unspecified atom stereocenters. The summed E-state index contributed by atoms with van der Waals surface area (Å²) in [4.78, 5) is 13.6. The molecule has 1 saturated heterocycles. The van der Waals surface area contributed by atoms with Crippen molar-refractivity contribution < 1.29 is 32.0 Å². The van der Waals surface area contributed by atoms with Gasteiger partial charge >= 0.3 is 5.97 Å². The summed E-state index contributed by atoms with van der Waals surface area (Å²) in [6, 6.07) is 0. The van der Waals surface area contributed by atoms with E-state index in [4.69, 9.17) is 14.2 Å². The van der Waals surface area contributed by atoms with Crippen LogP contribution in [-0.4, -0.2) is 82.3 Å². The van der Waals surface area contributed by atoms with Gasteiger partial charge in [0.05, 0.1) is 29.1 Å². The molecule has 0 saturated carbocycles. The number of nitrogens with zero attached hydrogens (tertiary/aromatic N) is 1. The molecule has 1 fully saturated rings. The Bertz CT molecular complexity index is 406. The highest BCUT2D eigenvalue weighted by Gasteiger charge is 2.22. The maximum atomic E-state index is 11.6. The van der Waals surface area contributed by atoms with Crippen molar-refractivity contribution in [2.75, 3.05) is 52.3 Å². The highest BCUT2D eigenvalue weighted by molar-refractivity contribution is 7.85. The fourth-order valence-corrected chi connectivity index (χ4v) is 2.66. The Morgan fingerprint density at radius 2 is 2.05 bits per heavy atom. The largest absolute Gasteiger partial charge is 0.748 e. The van der Waals surface area contributed by atoms with Crippen LogP contribution in [0, 0.1) is 0 Å². The van der Waals surface area contributed by atoms with Crippen LogP contribution < -0.4 is 0 Å². The van der Waals surface area contributed by atoms with E-state index in [2.05, 4.69) is 0 Å². The first-order valence-corrected chi connectivity index (χ1v) is 8.40. The molecule has 0 spiro atoms. The van der Waals surface area contributed by atoms with E-state index in [0.717, 1.165) is 0 Å². The van der Waals surface area contributed by atoms with E-state index < -0.39 is 27.9 Å². The Morgan fingerprint density at radius 1 is 1.38 bits per heavy atom. The van der Waals surface area contributed by atoms with Crippen molar-refractivity contribution in [2.24, 2.45) is 0 Å². The van der Waals surface area contributed by atoms with Crippen LogP contribution in [0.3, 0.4) is 0 Å². The van der Waals surface area contributed by atoms with Crippen LogP contribution >= 0.6 is 0 Å². The van der Waals surface area contributed by atoms with E-state index in [1.165, 1.54) is 7.11 Å². The number of rotatable bonds is 9. The summed E-state index contributed by atoms with van der Waals surface area (Å²) < 4.78 is 47.9. The van der Waals surface area contributed by atoms with Crippen molar-refractivity contribution in [1.82, 2.24) is 4.90 Å². The average molecular weight is 324 g/mol.